The van der Waals surface area contributed by atoms with Crippen molar-refractivity contribution < 1.29 is 19.1 Å². The molecule has 0 aliphatic rings. The summed E-state index contributed by atoms with van der Waals surface area (Å²) in [4.78, 5) is 24.6. The lowest BCUT2D eigenvalue weighted by atomic mass is 10.1. The number of hydrazine groups is 1. The molecule has 2 N–H and O–H groups in total. The molecule has 0 aliphatic carbocycles. The maximum atomic E-state index is 12.6. The summed E-state index contributed by atoms with van der Waals surface area (Å²) in [6.45, 7) is 6.39. The molecule has 0 aliphatic heterocycles. The highest BCUT2D eigenvalue weighted by molar-refractivity contribution is 9.10. The molecule has 0 radical (unpaired) electrons. The SMILES string of the molecule is CCCCCCOc1ccc(Br)cc1C(=O)NNC(=O)COc1ccc(C)cc1C. The van der Waals surface area contributed by atoms with E-state index in [0.29, 0.717) is 23.7 Å². The van der Waals surface area contributed by atoms with Crippen molar-refractivity contribution in [3.63, 3.8) is 0 Å². The van der Waals surface area contributed by atoms with E-state index in [1.54, 1.807) is 12.1 Å². The van der Waals surface area contributed by atoms with Gasteiger partial charge in [-0.3, -0.25) is 20.4 Å². The van der Waals surface area contributed by atoms with Crippen LogP contribution in [0.4, 0.5) is 0 Å². The molecular formula is C23H29BrN2O4. The number of amides is 2. The number of benzene rings is 2. The average Bonchev–Trinajstić information content (AvgIpc) is 2.72. The quantitative estimate of drug-likeness (QED) is 0.378. The van der Waals surface area contributed by atoms with Gasteiger partial charge in [0.15, 0.2) is 6.61 Å². The maximum Gasteiger partial charge on any atom is 0.276 e. The molecule has 162 valence electrons. The van der Waals surface area contributed by atoms with Gasteiger partial charge in [-0.2, -0.15) is 0 Å². The summed E-state index contributed by atoms with van der Waals surface area (Å²) in [5, 5.41) is 0. The molecule has 0 heterocycles. The second kappa shape index (κ2) is 12.2. The van der Waals surface area contributed by atoms with Crippen LogP contribution >= 0.6 is 15.9 Å². The number of aryl methyl sites for hydroxylation is 2. The van der Waals surface area contributed by atoms with Gasteiger partial charge < -0.3 is 9.47 Å². The first kappa shape index (κ1) is 23.7. The molecule has 0 saturated carbocycles. The van der Waals surface area contributed by atoms with Crippen molar-refractivity contribution in [1.29, 1.82) is 0 Å². The zero-order valence-corrected chi connectivity index (χ0v) is 19.3. The van der Waals surface area contributed by atoms with E-state index in [-0.39, 0.29) is 6.61 Å². The van der Waals surface area contributed by atoms with Crippen LogP contribution in [0.1, 0.15) is 54.1 Å². The largest absolute Gasteiger partial charge is 0.493 e. The Morgan fingerprint density at radius 1 is 0.933 bits per heavy atom. The maximum absolute atomic E-state index is 12.6. The molecule has 0 bridgehead atoms. The average molecular weight is 477 g/mol. The number of rotatable bonds is 10. The Hall–Kier alpha value is -2.54. The van der Waals surface area contributed by atoms with Crippen molar-refractivity contribution in [2.75, 3.05) is 13.2 Å². The summed E-state index contributed by atoms with van der Waals surface area (Å²) in [6, 6.07) is 10.9. The number of nitrogens with one attached hydrogen (secondary N) is 2. The highest BCUT2D eigenvalue weighted by atomic mass is 79.9. The second-order valence-electron chi connectivity index (χ2n) is 7.11. The van der Waals surface area contributed by atoms with Crippen LogP contribution < -0.4 is 20.3 Å². The molecular weight excluding hydrogens is 448 g/mol. The fraction of sp³-hybridized carbons (Fsp3) is 0.391. The Morgan fingerprint density at radius 2 is 1.70 bits per heavy atom. The van der Waals surface area contributed by atoms with E-state index >= 15 is 0 Å². The van der Waals surface area contributed by atoms with E-state index < -0.39 is 11.8 Å². The standard InChI is InChI=1S/C23H29BrN2O4/c1-4-5-6-7-12-29-21-11-9-18(24)14-19(21)23(28)26-25-22(27)15-30-20-10-8-16(2)13-17(20)3/h8-11,13-14H,4-7,12,15H2,1-3H3,(H,25,27)(H,26,28). The monoisotopic (exact) mass is 476 g/mol. The predicted octanol–water partition coefficient (Wildman–Crippen LogP) is 4.87. The second-order valence-corrected chi connectivity index (χ2v) is 8.03. The van der Waals surface area contributed by atoms with Crippen molar-refractivity contribution in [2.45, 2.75) is 46.5 Å². The Bertz CT molecular complexity index is 870. The van der Waals surface area contributed by atoms with E-state index in [1.165, 1.54) is 0 Å². The molecule has 0 fully saturated rings. The first-order valence-corrected chi connectivity index (χ1v) is 10.9. The van der Waals surface area contributed by atoms with Gasteiger partial charge >= 0.3 is 0 Å². The minimum absolute atomic E-state index is 0.205. The summed E-state index contributed by atoms with van der Waals surface area (Å²) in [5.74, 6) is 0.195. The molecule has 30 heavy (non-hydrogen) atoms. The van der Waals surface area contributed by atoms with Gasteiger partial charge in [0.05, 0.1) is 12.2 Å². The lowest BCUT2D eigenvalue weighted by Crippen LogP contribution is -2.44. The Morgan fingerprint density at radius 3 is 2.43 bits per heavy atom. The van der Waals surface area contributed by atoms with E-state index in [2.05, 4.69) is 33.7 Å². The Kier molecular flexibility index (Phi) is 9.67. The molecule has 2 aromatic carbocycles. The topological polar surface area (TPSA) is 76.7 Å². The number of ether oxygens (including phenoxy) is 2. The van der Waals surface area contributed by atoms with Gasteiger partial charge in [0.25, 0.3) is 11.8 Å². The number of unbranched alkanes of at least 4 members (excludes halogenated alkanes) is 3. The van der Waals surface area contributed by atoms with Gasteiger partial charge in [-0.15, -0.1) is 0 Å². The van der Waals surface area contributed by atoms with Crippen molar-refractivity contribution in [3.05, 3.63) is 57.6 Å². The normalized spacial score (nSPS) is 10.4. The molecule has 0 spiro atoms. The van der Waals surface area contributed by atoms with Gasteiger partial charge in [-0.05, 0) is 50.1 Å². The van der Waals surface area contributed by atoms with E-state index in [9.17, 15) is 9.59 Å². The Balaban J connectivity index is 1.87. The smallest absolute Gasteiger partial charge is 0.276 e. The van der Waals surface area contributed by atoms with Gasteiger partial charge in [-0.25, -0.2) is 0 Å². The van der Waals surface area contributed by atoms with Crippen LogP contribution in [0.3, 0.4) is 0 Å². The van der Waals surface area contributed by atoms with E-state index in [0.717, 1.165) is 41.3 Å². The fourth-order valence-electron chi connectivity index (χ4n) is 2.85. The summed E-state index contributed by atoms with van der Waals surface area (Å²) in [5.41, 5.74) is 7.20. The van der Waals surface area contributed by atoms with Gasteiger partial charge in [0.2, 0.25) is 0 Å². The van der Waals surface area contributed by atoms with E-state index in [1.807, 2.05) is 38.1 Å². The summed E-state index contributed by atoms with van der Waals surface area (Å²) in [7, 11) is 0. The third kappa shape index (κ3) is 7.71. The molecule has 2 amide bonds. The number of hydrogen-bond acceptors (Lipinski definition) is 4. The van der Waals surface area contributed by atoms with Crippen LogP contribution in [0, 0.1) is 13.8 Å². The first-order valence-electron chi connectivity index (χ1n) is 10.1. The van der Waals surface area contributed by atoms with Crippen LogP contribution in [-0.4, -0.2) is 25.0 Å². The molecule has 0 unspecified atom stereocenters. The highest BCUT2D eigenvalue weighted by Gasteiger charge is 2.15. The van der Waals surface area contributed by atoms with Crippen LogP contribution in [0.25, 0.3) is 0 Å². The third-order valence-corrected chi connectivity index (χ3v) is 4.94. The summed E-state index contributed by atoms with van der Waals surface area (Å²) in [6.07, 6.45) is 4.33. The first-order chi connectivity index (χ1) is 14.4. The third-order valence-electron chi connectivity index (χ3n) is 4.45. The van der Waals surface area contributed by atoms with Crippen molar-refractivity contribution >= 4 is 27.7 Å². The van der Waals surface area contributed by atoms with Crippen molar-refractivity contribution in [1.82, 2.24) is 10.9 Å². The van der Waals surface area contributed by atoms with E-state index in [4.69, 9.17) is 9.47 Å². The number of carbonyl (C=O) groups excluding carboxylic acids is 2. The van der Waals surface area contributed by atoms with Crippen molar-refractivity contribution in [2.24, 2.45) is 0 Å². The zero-order chi connectivity index (χ0) is 21.9. The zero-order valence-electron chi connectivity index (χ0n) is 17.7. The van der Waals surface area contributed by atoms with Crippen LogP contribution in [0.5, 0.6) is 11.5 Å². The molecule has 6 nitrogen and oxygen atoms in total. The predicted molar refractivity (Wildman–Crippen MR) is 121 cm³/mol. The lowest BCUT2D eigenvalue weighted by Gasteiger charge is -2.13. The van der Waals surface area contributed by atoms with Crippen LogP contribution in [0.15, 0.2) is 40.9 Å². The molecule has 2 rings (SSSR count). The minimum atomic E-state index is -0.459. The summed E-state index contributed by atoms with van der Waals surface area (Å²) < 4.78 is 12.0. The fourth-order valence-corrected chi connectivity index (χ4v) is 3.21. The van der Waals surface area contributed by atoms with Crippen LogP contribution in [0.2, 0.25) is 0 Å². The highest BCUT2D eigenvalue weighted by Crippen LogP contribution is 2.23. The Labute approximate surface area is 186 Å². The van der Waals surface area contributed by atoms with Crippen LogP contribution in [-0.2, 0) is 4.79 Å². The van der Waals surface area contributed by atoms with Gasteiger partial charge in [0.1, 0.15) is 11.5 Å². The summed E-state index contributed by atoms with van der Waals surface area (Å²) >= 11 is 3.37. The molecule has 7 heteroatoms. The number of hydrogen-bond donors (Lipinski definition) is 2. The minimum Gasteiger partial charge on any atom is -0.493 e. The lowest BCUT2D eigenvalue weighted by molar-refractivity contribution is -0.123. The number of carbonyl (C=O) groups is 2. The van der Waals surface area contributed by atoms with Gasteiger partial charge in [-0.1, -0.05) is 59.8 Å². The van der Waals surface area contributed by atoms with Crippen molar-refractivity contribution in [3.8, 4) is 11.5 Å². The molecule has 0 saturated heterocycles. The number of halogens is 1. The molecule has 2 aromatic rings. The van der Waals surface area contributed by atoms with Gasteiger partial charge in [0, 0.05) is 4.47 Å². The molecule has 0 aromatic heterocycles. The molecule has 0 atom stereocenters.